The monoisotopic (exact) mass is 438 g/mol. The molecule has 1 saturated heterocycles. The zero-order chi connectivity index (χ0) is 22.1. The lowest BCUT2D eigenvalue weighted by atomic mass is 10.1. The minimum absolute atomic E-state index is 0.430. The van der Waals surface area contributed by atoms with Crippen LogP contribution < -0.4 is 16.0 Å². The highest BCUT2D eigenvalue weighted by molar-refractivity contribution is 7.16. The summed E-state index contributed by atoms with van der Waals surface area (Å²) in [7, 11) is 3.76. The van der Waals surface area contributed by atoms with E-state index in [4.69, 9.17) is 0 Å². The summed E-state index contributed by atoms with van der Waals surface area (Å²) in [5.74, 6) is 0. The van der Waals surface area contributed by atoms with Crippen molar-refractivity contribution < 1.29 is 0 Å². The van der Waals surface area contributed by atoms with Crippen LogP contribution in [0.25, 0.3) is 5.57 Å². The van der Waals surface area contributed by atoms with Gasteiger partial charge in [-0.15, -0.1) is 11.3 Å². The Hall–Kier alpha value is -2.80. The van der Waals surface area contributed by atoms with Crippen molar-refractivity contribution in [1.82, 2.24) is 20.4 Å². The van der Waals surface area contributed by atoms with Crippen molar-refractivity contribution in [2.24, 2.45) is 9.98 Å². The van der Waals surface area contributed by atoms with Gasteiger partial charge >= 0.3 is 0 Å². The molecule has 31 heavy (non-hydrogen) atoms. The molecule has 2 aromatic rings. The standard InChI is InChI=1S/C22H30N8S/c1-24-11-16(17-13-29-30(15-17)18-4-7-27-8-5-18)12-28-9-6-19-20(10-23)22(26-3)31-21(19)14-25-2/h11-13,15,18,25-27H,1,4-9,14H2,2-3H3/b16-11+,28-12?. The SMILES string of the molecule is C=N/C=C(\C=NCCc1c(CNC)sc(NC)c1C#N)c1cnn(C2CCNCC2)c1. The summed E-state index contributed by atoms with van der Waals surface area (Å²) >= 11 is 1.62. The minimum Gasteiger partial charge on any atom is -0.379 e. The number of hydrogen-bond acceptors (Lipinski definition) is 8. The smallest absolute Gasteiger partial charge is 0.107 e. The first kappa shape index (κ1) is 22.9. The Labute approximate surface area is 187 Å². The molecule has 0 amide bonds. The van der Waals surface area contributed by atoms with E-state index in [-0.39, 0.29) is 0 Å². The number of aliphatic imine (C=N–C) groups is 2. The molecule has 8 nitrogen and oxygen atoms in total. The van der Waals surface area contributed by atoms with E-state index in [1.54, 1.807) is 17.5 Å². The van der Waals surface area contributed by atoms with Crippen LogP contribution in [0.15, 0.2) is 28.6 Å². The largest absolute Gasteiger partial charge is 0.379 e. The maximum atomic E-state index is 9.60. The summed E-state index contributed by atoms with van der Waals surface area (Å²) in [5.41, 5.74) is 3.65. The van der Waals surface area contributed by atoms with Crippen molar-refractivity contribution in [3.63, 3.8) is 0 Å². The van der Waals surface area contributed by atoms with Gasteiger partial charge in [-0.2, -0.15) is 10.4 Å². The first-order valence-electron chi connectivity index (χ1n) is 10.5. The van der Waals surface area contributed by atoms with E-state index >= 15 is 0 Å². The molecular formula is C22H30N8S. The normalized spacial score (nSPS) is 15.3. The summed E-state index contributed by atoms with van der Waals surface area (Å²) in [6.07, 6.45) is 10.3. The Bertz CT molecular complexity index is 972. The number of hydrogen-bond donors (Lipinski definition) is 3. The molecule has 0 aliphatic carbocycles. The molecule has 0 bridgehead atoms. The average Bonchev–Trinajstić information content (AvgIpc) is 3.42. The molecule has 1 aliphatic rings. The van der Waals surface area contributed by atoms with Crippen LogP contribution in [-0.4, -0.2) is 56.4 Å². The lowest BCUT2D eigenvalue weighted by Gasteiger charge is -2.22. The number of aromatic nitrogens is 2. The van der Waals surface area contributed by atoms with Gasteiger partial charge in [-0.25, -0.2) is 0 Å². The number of allylic oxidation sites excluding steroid dienone is 1. The van der Waals surface area contributed by atoms with Crippen LogP contribution in [-0.2, 0) is 13.0 Å². The quantitative estimate of drug-likeness (QED) is 0.495. The van der Waals surface area contributed by atoms with Crippen molar-refractivity contribution in [2.75, 3.05) is 39.0 Å². The van der Waals surface area contributed by atoms with Gasteiger partial charge in [0.1, 0.15) is 11.1 Å². The van der Waals surface area contributed by atoms with Crippen LogP contribution in [0.4, 0.5) is 5.00 Å². The molecular weight excluding hydrogens is 408 g/mol. The third-order valence-corrected chi connectivity index (χ3v) is 6.59. The van der Waals surface area contributed by atoms with Crippen molar-refractivity contribution in [3.05, 3.63) is 40.2 Å². The van der Waals surface area contributed by atoms with Crippen LogP contribution in [0.1, 0.15) is 40.5 Å². The Morgan fingerprint density at radius 1 is 1.45 bits per heavy atom. The van der Waals surface area contributed by atoms with E-state index in [1.165, 1.54) is 4.88 Å². The number of nitriles is 1. The number of thiophene rings is 1. The lowest BCUT2D eigenvalue weighted by Crippen LogP contribution is -2.29. The second-order valence-electron chi connectivity index (χ2n) is 7.34. The Balaban J connectivity index is 1.70. The van der Waals surface area contributed by atoms with Gasteiger partial charge in [-0.05, 0) is 51.7 Å². The second-order valence-corrected chi connectivity index (χ2v) is 8.45. The highest BCUT2D eigenvalue weighted by Gasteiger charge is 2.17. The summed E-state index contributed by atoms with van der Waals surface area (Å²) in [6.45, 7) is 6.96. The summed E-state index contributed by atoms with van der Waals surface area (Å²) in [5, 5.41) is 24.8. The fourth-order valence-electron chi connectivity index (χ4n) is 3.75. The Morgan fingerprint density at radius 2 is 2.26 bits per heavy atom. The maximum absolute atomic E-state index is 9.60. The van der Waals surface area contributed by atoms with Gasteiger partial charge in [0, 0.05) is 54.8 Å². The van der Waals surface area contributed by atoms with Crippen molar-refractivity contribution in [1.29, 1.82) is 5.26 Å². The van der Waals surface area contributed by atoms with Crippen molar-refractivity contribution in [2.45, 2.75) is 31.8 Å². The molecule has 1 aliphatic heterocycles. The van der Waals surface area contributed by atoms with Gasteiger partial charge in [0.05, 0.1) is 17.8 Å². The lowest BCUT2D eigenvalue weighted by molar-refractivity contribution is 0.343. The molecule has 3 heterocycles. The van der Waals surface area contributed by atoms with Crippen LogP contribution in [0.3, 0.4) is 0 Å². The van der Waals surface area contributed by atoms with Gasteiger partial charge in [0.2, 0.25) is 0 Å². The van der Waals surface area contributed by atoms with Gasteiger partial charge in [0.15, 0.2) is 0 Å². The van der Waals surface area contributed by atoms with E-state index in [1.807, 2.05) is 26.5 Å². The topological polar surface area (TPSA) is 102 Å². The number of nitrogens with zero attached hydrogens (tertiary/aromatic N) is 5. The predicted molar refractivity (Wildman–Crippen MR) is 129 cm³/mol. The zero-order valence-corrected chi connectivity index (χ0v) is 19.0. The highest BCUT2D eigenvalue weighted by Crippen LogP contribution is 2.33. The summed E-state index contributed by atoms with van der Waals surface area (Å²) < 4.78 is 2.05. The Morgan fingerprint density at radius 3 is 2.94 bits per heavy atom. The molecule has 164 valence electrons. The molecule has 0 aromatic carbocycles. The number of anilines is 1. The Kier molecular flexibility index (Phi) is 8.53. The number of piperidine rings is 1. The van der Waals surface area contributed by atoms with E-state index < -0.39 is 0 Å². The third-order valence-electron chi connectivity index (χ3n) is 5.34. The number of nitrogens with one attached hydrogen (secondary N) is 3. The molecule has 0 spiro atoms. The van der Waals surface area contributed by atoms with Crippen LogP contribution in [0.5, 0.6) is 0 Å². The molecule has 0 radical (unpaired) electrons. The average molecular weight is 439 g/mol. The maximum Gasteiger partial charge on any atom is 0.107 e. The van der Waals surface area contributed by atoms with E-state index in [2.05, 4.69) is 54.7 Å². The van der Waals surface area contributed by atoms with Crippen LogP contribution >= 0.6 is 11.3 Å². The first-order chi connectivity index (χ1) is 15.2. The first-order valence-corrected chi connectivity index (χ1v) is 11.3. The predicted octanol–water partition coefficient (Wildman–Crippen LogP) is 2.86. The van der Waals surface area contributed by atoms with Gasteiger partial charge in [-0.1, -0.05) is 0 Å². The molecule has 9 heteroatoms. The summed E-state index contributed by atoms with van der Waals surface area (Å²) in [4.78, 5) is 9.74. The zero-order valence-electron chi connectivity index (χ0n) is 18.2. The summed E-state index contributed by atoms with van der Waals surface area (Å²) in [6, 6.07) is 2.77. The second kappa shape index (κ2) is 11.6. The van der Waals surface area contributed by atoms with Crippen molar-refractivity contribution >= 4 is 34.8 Å². The van der Waals surface area contributed by atoms with E-state index in [9.17, 15) is 5.26 Å². The third kappa shape index (κ3) is 5.67. The van der Waals surface area contributed by atoms with Crippen molar-refractivity contribution in [3.8, 4) is 6.07 Å². The highest BCUT2D eigenvalue weighted by atomic mass is 32.1. The molecule has 1 fully saturated rings. The molecule has 3 N–H and O–H groups in total. The van der Waals surface area contributed by atoms with Gasteiger partial charge in [0.25, 0.3) is 0 Å². The fourth-order valence-corrected chi connectivity index (χ4v) is 4.92. The van der Waals surface area contributed by atoms with E-state index in [0.717, 1.165) is 59.7 Å². The fraction of sp³-hybridized carbons (Fsp3) is 0.455. The van der Waals surface area contributed by atoms with Gasteiger partial charge < -0.3 is 16.0 Å². The minimum atomic E-state index is 0.430. The number of rotatable bonds is 10. The van der Waals surface area contributed by atoms with E-state index in [0.29, 0.717) is 19.0 Å². The van der Waals surface area contributed by atoms with Gasteiger partial charge in [-0.3, -0.25) is 14.7 Å². The van der Waals surface area contributed by atoms with Crippen LogP contribution in [0, 0.1) is 11.3 Å². The molecule has 0 unspecified atom stereocenters. The molecule has 3 rings (SSSR count). The van der Waals surface area contributed by atoms with Crippen LogP contribution in [0.2, 0.25) is 0 Å². The molecule has 2 aromatic heterocycles. The molecule has 0 saturated carbocycles. The molecule has 0 atom stereocenters.